The van der Waals surface area contributed by atoms with Crippen LogP contribution < -0.4 is 10.6 Å². The van der Waals surface area contributed by atoms with Crippen molar-refractivity contribution in [3.63, 3.8) is 0 Å². The quantitative estimate of drug-likeness (QED) is 0.636. The molecule has 1 aliphatic heterocycles. The third-order valence-corrected chi connectivity index (χ3v) is 3.91. The zero-order valence-electron chi connectivity index (χ0n) is 13.9. The van der Waals surface area contributed by atoms with Gasteiger partial charge >= 0.3 is 12.1 Å². The number of alkyl carbamates (subject to hydrolysis) is 1. The van der Waals surface area contributed by atoms with Gasteiger partial charge in [-0.05, 0) is 43.1 Å². The van der Waals surface area contributed by atoms with Gasteiger partial charge in [0, 0.05) is 19.4 Å². The number of hydrogen-bond donors (Lipinski definition) is 2. The molecule has 0 radical (unpaired) electrons. The van der Waals surface area contributed by atoms with Crippen molar-refractivity contribution in [2.75, 3.05) is 19.7 Å². The van der Waals surface area contributed by atoms with E-state index in [0.29, 0.717) is 19.4 Å². The van der Waals surface area contributed by atoms with Crippen molar-refractivity contribution in [3.8, 4) is 0 Å². The molecular formula is C17H23FN2O4. The van der Waals surface area contributed by atoms with Crippen LogP contribution in [-0.4, -0.2) is 37.9 Å². The molecule has 0 unspecified atom stereocenters. The summed E-state index contributed by atoms with van der Waals surface area (Å²) in [5.41, 5.74) is 1.89. The maximum Gasteiger partial charge on any atom is 0.407 e. The van der Waals surface area contributed by atoms with E-state index in [-0.39, 0.29) is 37.1 Å². The van der Waals surface area contributed by atoms with Crippen molar-refractivity contribution in [2.24, 2.45) is 0 Å². The number of hydrogen-bond acceptors (Lipinski definition) is 5. The van der Waals surface area contributed by atoms with Crippen LogP contribution in [0.3, 0.4) is 0 Å². The van der Waals surface area contributed by atoms with Gasteiger partial charge in [-0.15, -0.1) is 0 Å². The predicted molar refractivity (Wildman–Crippen MR) is 86.0 cm³/mol. The zero-order chi connectivity index (χ0) is 17.5. The first-order chi connectivity index (χ1) is 11.5. The molecule has 1 heterocycles. The third kappa shape index (κ3) is 5.49. The molecule has 0 aromatic heterocycles. The second-order valence-corrected chi connectivity index (χ2v) is 5.83. The average Bonchev–Trinajstić information content (AvgIpc) is 2.51. The number of aryl methyl sites for hydroxylation is 1. The lowest BCUT2D eigenvalue weighted by atomic mass is 9.92. The van der Waals surface area contributed by atoms with Crippen LogP contribution in [0.15, 0.2) is 18.2 Å². The molecule has 0 aliphatic carbocycles. The van der Waals surface area contributed by atoms with Gasteiger partial charge in [-0.3, -0.25) is 4.79 Å². The Morgan fingerprint density at radius 2 is 2.21 bits per heavy atom. The number of benzene rings is 1. The first-order valence-corrected chi connectivity index (χ1v) is 8.03. The smallest absolute Gasteiger partial charge is 0.407 e. The van der Waals surface area contributed by atoms with Gasteiger partial charge in [0.2, 0.25) is 0 Å². The molecule has 24 heavy (non-hydrogen) atoms. The molecule has 2 N–H and O–H groups in total. The molecule has 1 aliphatic rings. The van der Waals surface area contributed by atoms with Crippen molar-refractivity contribution in [2.45, 2.75) is 38.8 Å². The monoisotopic (exact) mass is 338 g/mol. The SMILES string of the molecule is CC(=O)OCCNC(=O)O[C@H]1CCN[C@@H](c2ccc(F)cc2C)C1. The molecular weight excluding hydrogens is 315 g/mol. The fourth-order valence-electron chi connectivity index (χ4n) is 2.80. The first kappa shape index (κ1) is 18.2. The van der Waals surface area contributed by atoms with Crippen molar-refractivity contribution < 1.29 is 23.5 Å². The van der Waals surface area contributed by atoms with Gasteiger partial charge in [-0.1, -0.05) is 6.07 Å². The molecule has 2 atom stereocenters. The topological polar surface area (TPSA) is 76.7 Å². The summed E-state index contributed by atoms with van der Waals surface area (Å²) in [6.07, 6.45) is 0.607. The summed E-state index contributed by atoms with van der Waals surface area (Å²) in [4.78, 5) is 22.4. The number of carbonyl (C=O) groups excluding carboxylic acids is 2. The highest BCUT2D eigenvalue weighted by Gasteiger charge is 2.26. The van der Waals surface area contributed by atoms with Crippen LogP contribution in [0.5, 0.6) is 0 Å². The van der Waals surface area contributed by atoms with Gasteiger partial charge in [0.1, 0.15) is 18.5 Å². The normalized spacial score (nSPS) is 20.3. The average molecular weight is 338 g/mol. The molecule has 1 fully saturated rings. The summed E-state index contributed by atoms with van der Waals surface area (Å²) in [5, 5.41) is 5.92. The van der Waals surface area contributed by atoms with Gasteiger partial charge in [-0.2, -0.15) is 0 Å². The minimum Gasteiger partial charge on any atom is -0.464 e. The van der Waals surface area contributed by atoms with Crippen LogP contribution in [0.2, 0.25) is 0 Å². The lowest BCUT2D eigenvalue weighted by Gasteiger charge is -2.31. The molecule has 2 rings (SSSR count). The van der Waals surface area contributed by atoms with Crippen LogP contribution in [-0.2, 0) is 14.3 Å². The molecule has 0 bridgehead atoms. The lowest BCUT2D eigenvalue weighted by Crippen LogP contribution is -2.39. The van der Waals surface area contributed by atoms with E-state index >= 15 is 0 Å². The zero-order valence-corrected chi connectivity index (χ0v) is 13.9. The van der Waals surface area contributed by atoms with Crippen molar-refractivity contribution in [1.29, 1.82) is 0 Å². The summed E-state index contributed by atoms with van der Waals surface area (Å²) in [7, 11) is 0. The highest BCUT2D eigenvalue weighted by molar-refractivity contribution is 5.67. The summed E-state index contributed by atoms with van der Waals surface area (Å²) in [5.74, 6) is -0.645. The van der Waals surface area contributed by atoms with E-state index in [1.54, 1.807) is 6.07 Å². The maximum absolute atomic E-state index is 13.2. The van der Waals surface area contributed by atoms with Gasteiger partial charge in [0.15, 0.2) is 0 Å². The first-order valence-electron chi connectivity index (χ1n) is 8.03. The summed E-state index contributed by atoms with van der Waals surface area (Å²) >= 11 is 0. The molecule has 0 spiro atoms. The summed E-state index contributed by atoms with van der Waals surface area (Å²) in [6.45, 7) is 4.22. The molecule has 1 aromatic carbocycles. The van der Waals surface area contributed by atoms with E-state index in [1.807, 2.05) is 6.92 Å². The predicted octanol–water partition coefficient (Wildman–Crippen LogP) is 2.22. The summed E-state index contributed by atoms with van der Waals surface area (Å²) < 4.78 is 23.4. The van der Waals surface area contributed by atoms with E-state index in [2.05, 4.69) is 10.6 Å². The number of esters is 1. The minimum atomic E-state index is -0.524. The van der Waals surface area contributed by atoms with Gasteiger partial charge in [0.05, 0.1) is 6.54 Å². The second kappa shape index (κ2) is 8.63. The van der Waals surface area contributed by atoms with E-state index < -0.39 is 6.09 Å². The molecule has 1 amide bonds. The van der Waals surface area contributed by atoms with E-state index in [4.69, 9.17) is 9.47 Å². The minimum absolute atomic E-state index is 0.0261. The number of nitrogens with one attached hydrogen (secondary N) is 2. The fraction of sp³-hybridized carbons (Fsp3) is 0.529. The van der Waals surface area contributed by atoms with Gasteiger partial charge in [0.25, 0.3) is 0 Å². The van der Waals surface area contributed by atoms with Crippen molar-refractivity contribution >= 4 is 12.1 Å². The molecule has 1 saturated heterocycles. The number of rotatable bonds is 5. The van der Waals surface area contributed by atoms with Crippen molar-refractivity contribution in [1.82, 2.24) is 10.6 Å². The Kier molecular flexibility index (Phi) is 6.54. The number of carbonyl (C=O) groups is 2. The standard InChI is InChI=1S/C17H23FN2O4/c1-11-9-13(18)3-4-15(11)16-10-14(5-6-19-16)24-17(22)20-7-8-23-12(2)21/h3-4,9,14,16,19H,5-8,10H2,1-2H3,(H,20,22)/t14-,16+/m0/s1. The number of amides is 1. The molecule has 6 nitrogen and oxygen atoms in total. The highest BCUT2D eigenvalue weighted by Crippen LogP contribution is 2.27. The van der Waals surface area contributed by atoms with Gasteiger partial charge < -0.3 is 20.1 Å². The van der Waals surface area contributed by atoms with Crippen molar-refractivity contribution in [3.05, 3.63) is 35.1 Å². The number of ether oxygens (including phenoxy) is 2. The van der Waals surface area contributed by atoms with Crippen LogP contribution >= 0.6 is 0 Å². The maximum atomic E-state index is 13.2. The fourth-order valence-corrected chi connectivity index (χ4v) is 2.80. The van der Waals surface area contributed by atoms with Crippen LogP contribution in [0.1, 0.15) is 36.9 Å². The Bertz CT molecular complexity index is 594. The van der Waals surface area contributed by atoms with Crippen LogP contribution in [0, 0.1) is 12.7 Å². The Morgan fingerprint density at radius 1 is 1.42 bits per heavy atom. The Balaban J connectivity index is 1.82. The number of piperidine rings is 1. The largest absolute Gasteiger partial charge is 0.464 e. The second-order valence-electron chi connectivity index (χ2n) is 5.83. The highest BCUT2D eigenvalue weighted by atomic mass is 19.1. The Hall–Kier alpha value is -2.15. The van der Waals surface area contributed by atoms with Crippen LogP contribution in [0.25, 0.3) is 0 Å². The number of halogens is 1. The molecule has 7 heteroatoms. The molecule has 0 saturated carbocycles. The molecule has 1 aromatic rings. The Morgan fingerprint density at radius 3 is 2.92 bits per heavy atom. The molecule has 132 valence electrons. The van der Waals surface area contributed by atoms with Gasteiger partial charge in [-0.25, -0.2) is 9.18 Å². The summed E-state index contributed by atoms with van der Waals surface area (Å²) in [6, 6.07) is 4.74. The van der Waals surface area contributed by atoms with E-state index in [9.17, 15) is 14.0 Å². The third-order valence-electron chi connectivity index (χ3n) is 3.91. The van der Waals surface area contributed by atoms with Crippen LogP contribution in [0.4, 0.5) is 9.18 Å². The van der Waals surface area contributed by atoms with E-state index in [1.165, 1.54) is 19.1 Å². The Labute approximate surface area is 140 Å². The van der Waals surface area contributed by atoms with E-state index in [0.717, 1.165) is 11.1 Å². The lowest BCUT2D eigenvalue weighted by molar-refractivity contribution is -0.140.